The summed E-state index contributed by atoms with van der Waals surface area (Å²) in [6, 6.07) is 5.74. The van der Waals surface area contributed by atoms with E-state index in [4.69, 9.17) is 5.11 Å². The van der Waals surface area contributed by atoms with Crippen molar-refractivity contribution in [3.05, 3.63) is 47.8 Å². The molecule has 0 spiro atoms. The number of hydrogen-bond donors (Lipinski definition) is 2. The monoisotopic (exact) mass is 259 g/mol. The molecule has 98 valence electrons. The molecule has 6 heteroatoms. The minimum absolute atomic E-state index is 0.148. The number of nitrogens with one attached hydrogen (secondary N) is 1. The Morgan fingerprint density at radius 1 is 1.26 bits per heavy atom. The summed E-state index contributed by atoms with van der Waals surface area (Å²) in [5.41, 5.74) is 1.15. The van der Waals surface area contributed by atoms with Gasteiger partial charge in [-0.15, -0.1) is 0 Å². The van der Waals surface area contributed by atoms with Gasteiger partial charge >= 0.3 is 5.97 Å². The molecule has 2 aromatic rings. The largest absolute Gasteiger partial charge is 0.478 e. The first kappa shape index (κ1) is 12.8. The molecule has 0 aliphatic rings. The fourth-order valence-corrected chi connectivity index (χ4v) is 1.57. The van der Waals surface area contributed by atoms with E-state index < -0.39 is 5.97 Å². The number of aromatic nitrogens is 2. The van der Waals surface area contributed by atoms with Crippen LogP contribution in [0.3, 0.4) is 0 Å². The standard InChI is InChI=1S/C13H13N3O3/c1-2-16-8-11(7-14-16)15-12(17)9-3-5-10(6-4-9)13(18)19/h3-8H,2H2,1H3,(H,15,17)(H,18,19). The number of carbonyl (C=O) groups excluding carboxylic acids is 1. The van der Waals surface area contributed by atoms with Crippen LogP contribution in [0.25, 0.3) is 0 Å². The van der Waals surface area contributed by atoms with Crippen LogP contribution < -0.4 is 5.32 Å². The van der Waals surface area contributed by atoms with Gasteiger partial charge < -0.3 is 10.4 Å². The van der Waals surface area contributed by atoms with Crippen LogP contribution in [0.2, 0.25) is 0 Å². The van der Waals surface area contributed by atoms with E-state index in [1.165, 1.54) is 24.3 Å². The molecular formula is C13H13N3O3. The molecule has 2 rings (SSSR count). The van der Waals surface area contributed by atoms with Crippen LogP contribution in [0.4, 0.5) is 5.69 Å². The highest BCUT2D eigenvalue weighted by atomic mass is 16.4. The fraction of sp³-hybridized carbons (Fsp3) is 0.154. The molecule has 1 heterocycles. The predicted molar refractivity (Wildman–Crippen MR) is 69.3 cm³/mol. The molecule has 0 fully saturated rings. The molecule has 0 saturated carbocycles. The number of carboxylic acids is 1. The summed E-state index contributed by atoms with van der Waals surface area (Å²) in [5.74, 6) is -1.32. The topological polar surface area (TPSA) is 84.2 Å². The second kappa shape index (κ2) is 5.34. The van der Waals surface area contributed by atoms with Gasteiger partial charge in [-0.1, -0.05) is 0 Å². The molecule has 2 N–H and O–H groups in total. The van der Waals surface area contributed by atoms with E-state index in [2.05, 4.69) is 10.4 Å². The van der Waals surface area contributed by atoms with E-state index in [-0.39, 0.29) is 11.5 Å². The van der Waals surface area contributed by atoms with Gasteiger partial charge in [0.05, 0.1) is 17.4 Å². The highest BCUT2D eigenvalue weighted by Gasteiger charge is 2.09. The zero-order chi connectivity index (χ0) is 13.8. The summed E-state index contributed by atoms with van der Waals surface area (Å²) < 4.78 is 1.70. The van der Waals surface area contributed by atoms with E-state index in [0.717, 1.165) is 6.54 Å². The fourth-order valence-electron chi connectivity index (χ4n) is 1.57. The van der Waals surface area contributed by atoms with Gasteiger partial charge in [-0.2, -0.15) is 5.10 Å². The Balaban J connectivity index is 2.09. The lowest BCUT2D eigenvalue weighted by molar-refractivity contribution is 0.0696. The van der Waals surface area contributed by atoms with Gasteiger partial charge in [0, 0.05) is 18.3 Å². The Kier molecular flexibility index (Phi) is 3.61. The summed E-state index contributed by atoms with van der Waals surface area (Å²) in [6.45, 7) is 2.67. The van der Waals surface area contributed by atoms with Crippen molar-refractivity contribution in [1.82, 2.24) is 9.78 Å². The number of nitrogens with zero attached hydrogens (tertiary/aromatic N) is 2. The number of aromatic carboxylic acids is 1. The Labute approximate surface area is 109 Å². The highest BCUT2D eigenvalue weighted by Crippen LogP contribution is 2.09. The normalized spacial score (nSPS) is 10.2. The molecule has 19 heavy (non-hydrogen) atoms. The molecule has 1 amide bonds. The third-order valence-corrected chi connectivity index (χ3v) is 2.61. The first-order valence-corrected chi connectivity index (χ1v) is 5.77. The first-order chi connectivity index (χ1) is 9.10. The maximum absolute atomic E-state index is 11.9. The van der Waals surface area contributed by atoms with Crippen LogP contribution in [0.5, 0.6) is 0 Å². The molecule has 0 atom stereocenters. The van der Waals surface area contributed by atoms with Crippen LogP contribution in [0, 0.1) is 0 Å². The molecule has 1 aromatic carbocycles. The van der Waals surface area contributed by atoms with Crippen molar-refractivity contribution < 1.29 is 14.7 Å². The number of anilines is 1. The zero-order valence-electron chi connectivity index (χ0n) is 10.3. The van der Waals surface area contributed by atoms with Gasteiger partial charge in [0.25, 0.3) is 5.91 Å². The minimum atomic E-state index is -1.02. The van der Waals surface area contributed by atoms with Gasteiger partial charge in [-0.25, -0.2) is 4.79 Å². The van der Waals surface area contributed by atoms with Crippen molar-refractivity contribution in [2.24, 2.45) is 0 Å². The van der Waals surface area contributed by atoms with Crippen molar-refractivity contribution in [3.63, 3.8) is 0 Å². The summed E-state index contributed by atoms with van der Waals surface area (Å²) in [6.07, 6.45) is 3.29. The van der Waals surface area contributed by atoms with E-state index >= 15 is 0 Å². The lowest BCUT2D eigenvalue weighted by Gasteiger charge is -2.02. The summed E-state index contributed by atoms with van der Waals surface area (Å²) in [7, 11) is 0. The summed E-state index contributed by atoms with van der Waals surface area (Å²) >= 11 is 0. The molecule has 0 saturated heterocycles. The maximum atomic E-state index is 11.9. The average Bonchev–Trinajstić information content (AvgIpc) is 2.86. The second-order valence-electron chi connectivity index (χ2n) is 3.92. The Morgan fingerprint density at radius 2 is 1.89 bits per heavy atom. The number of carbonyl (C=O) groups is 2. The number of hydrogen-bond acceptors (Lipinski definition) is 3. The summed E-state index contributed by atoms with van der Waals surface area (Å²) in [5, 5.41) is 15.5. The van der Waals surface area contributed by atoms with E-state index in [1.807, 2.05) is 6.92 Å². The van der Waals surface area contributed by atoms with Crippen molar-refractivity contribution in [2.75, 3.05) is 5.32 Å². The maximum Gasteiger partial charge on any atom is 0.335 e. The number of aryl methyl sites for hydroxylation is 1. The van der Waals surface area contributed by atoms with Crippen LogP contribution in [-0.2, 0) is 6.54 Å². The Bertz CT molecular complexity index is 602. The summed E-state index contributed by atoms with van der Waals surface area (Å²) in [4.78, 5) is 22.6. The molecule has 0 bridgehead atoms. The van der Waals surface area contributed by atoms with E-state index in [9.17, 15) is 9.59 Å². The third-order valence-electron chi connectivity index (χ3n) is 2.61. The molecule has 1 aromatic heterocycles. The second-order valence-corrected chi connectivity index (χ2v) is 3.92. The molecule has 0 aliphatic heterocycles. The van der Waals surface area contributed by atoms with Crippen molar-refractivity contribution in [1.29, 1.82) is 0 Å². The van der Waals surface area contributed by atoms with Crippen LogP contribution in [0.1, 0.15) is 27.6 Å². The molecular weight excluding hydrogens is 246 g/mol. The van der Waals surface area contributed by atoms with Crippen LogP contribution >= 0.6 is 0 Å². The van der Waals surface area contributed by atoms with Gasteiger partial charge in [0.1, 0.15) is 0 Å². The van der Waals surface area contributed by atoms with Crippen molar-refractivity contribution in [2.45, 2.75) is 13.5 Å². The number of carboxylic acid groups (broad SMARTS) is 1. The SMILES string of the molecule is CCn1cc(NC(=O)c2ccc(C(=O)O)cc2)cn1. The van der Waals surface area contributed by atoms with Crippen molar-refractivity contribution >= 4 is 17.6 Å². The highest BCUT2D eigenvalue weighted by molar-refractivity contribution is 6.04. The van der Waals surface area contributed by atoms with Gasteiger partial charge in [0.15, 0.2) is 0 Å². The Hall–Kier alpha value is -2.63. The third kappa shape index (κ3) is 2.98. The number of amides is 1. The predicted octanol–water partition coefficient (Wildman–Crippen LogP) is 1.85. The Morgan fingerprint density at radius 3 is 2.42 bits per heavy atom. The average molecular weight is 259 g/mol. The molecule has 0 radical (unpaired) electrons. The van der Waals surface area contributed by atoms with Crippen molar-refractivity contribution in [3.8, 4) is 0 Å². The first-order valence-electron chi connectivity index (χ1n) is 5.77. The number of benzene rings is 1. The minimum Gasteiger partial charge on any atom is -0.478 e. The van der Waals surface area contributed by atoms with E-state index in [0.29, 0.717) is 11.3 Å². The molecule has 0 aliphatic carbocycles. The van der Waals surface area contributed by atoms with Crippen LogP contribution in [-0.4, -0.2) is 26.8 Å². The van der Waals surface area contributed by atoms with Gasteiger partial charge in [-0.3, -0.25) is 9.48 Å². The molecule has 0 unspecified atom stereocenters. The van der Waals surface area contributed by atoms with Crippen LogP contribution in [0.15, 0.2) is 36.7 Å². The van der Waals surface area contributed by atoms with E-state index in [1.54, 1.807) is 17.1 Å². The lowest BCUT2D eigenvalue weighted by atomic mass is 10.1. The smallest absolute Gasteiger partial charge is 0.335 e. The molecule has 6 nitrogen and oxygen atoms in total. The number of rotatable bonds is 4. The van der Waals surface area contributed by atoms with Gasteiger partial charge in [-0.05, 0) is 31.2 Å². The van der Waals surface area contributed by atoms with Gasteiger partial charge in [0.2, 0.25) is 0 Å². The lowest BCUT2D eigenvalue weighted by Crippen LogP contribution is -2.11. The quantitative estimate of drug-likeness (QED) is 0.877. The zero-order valence-corrected chi connectivity index (χ0v) is 10.3.